The van der Waals surface area contributed by atoms with Crippen molar-refractivity contribution in [2.75, 3.05) is 25.0 Å². The number of piperidine rings is 1. The van der Waals surface area contributed by atoms with E-state index in [4.69, 9.17) is 11.6 Å². The van der Waals surface area contributed by atoms with Crippen molar-refractivity contribution >= 4 is 33.2 Å². The van der Waals surface area contributed by atoms with E-state index in [-0.39, 0.29) is 29.2 Å². The summed E-state index contributed by atoms with van der Waals surface area (Å²) >= 11 is 5.87. The van der Waals surface area contributed by atoms with Crippen molar-refractivity contribution in [3.8, 4) is 0 Å². The predicted molar refractivity (Wildman–Crippen MR) is 102 cm³/mol. The molecule has 0 atom stereocenters. The molecule has 0 bridgehead atoms. The maximum Gasteiger partial charge on any atom is 0.416 e. The van der Waals surface area contributed by atoms with Crippen LogP contribution in [0.4, 0.5) is 18.9 Å². The minimum atomic E-state index is -4.54. The summed E-state index contributed by atoms with van der Waals surface area (Å²) in [4.78, 5) is 13.9. The van der Waals surface area contributed by atoms with E-state index in [1.54, 1.807) is 6.92 Å². The molecular formula is C17H21ClF3N3O3S. The maximum atomic E-state index is 12.9. The van der Waals surface area contributed by atoms with Gasteiger partial charge in [0.25, 0.3) is 0 Å². The van der Waals surface area contributed by atoms with E-state index in [2.05, 4.69) is 16.6 Å². The largest absolute Gasteiger partial charge is 0.416 e. The summed E-state index contributed by atoms with van der Waals surface area (Å²) in [6.45, 7) is 5.28. The first kappa shape index (κ1) is 22.5. The highest BCUT2D eigenvalue weighted by Gasteiger charge is 2.32. The normalized spacial score (nSPS) is 16.1. The number of nitrogens with zero attached hydrogens (tertiary/aromatic N) is 1. The number of likely N-dealkylation sites (tertiary alicyclic amines) is 1. The molecule has 1 aliphatic heterocycles. The Morgan fingerprint density at radius 3 is 2.50 bits per heavy atom. The number of carbonyl (C=O) groups excluding carboxylic acids is 1. The fourth-order valence-electron chi connectivity index (χ4n) is 2.84. The molecule has 6 nitrogen and oxygen atoms in total. The fraction of sp³-hybridized carbons (Fsp3) is 0.471. The van der Waals surface area contributed by atoms with E-state index >= 15 is 0 Å². The Kier molecular flexibility index (Phi) is 7.00. The van der Waals surface area contributed by atoms with Crippen LogP contribution in [0.25, 0.3) is 0 Å². The van der Waals surface area contributed by atoms with Crippen LogP contribution >= 0.6 is 11.6 Å². The Balaban J connectivity index is 1.95. The van der Waals surface area contributed by atoms with Gasteiger partial charge in [0.05, 0.1) is 12.1 Å². The number of benzene rings is 1. The molecule has 0 aromatic heterocycles. The lowest BCUT2D eigenvalue weighted by Crippen LogP contribution is -2.47. The van der Waals surface area contributed by atoms with Crippen molar-refractivity contribution in [2.24, 2.45) is 0 Å². The van der Waals surface area contributed by atoms with Crippen LogP contribution in [-0.4, -0.2) is 44.9 Å². The maximum absolute atomic E-state index is 12.9. The quantitative estimate of drug-likeness (QED) is 0.713. The van der Waals surface area contributed by atoms with E-state index in [0.717, 1.165) is 17.5 Å². The van der Waals surface area contributed by atoms with Gasteiger partial charge in [-0.25, -0.2) is 13.1 Å². The van der Waals surface area contributed by atoms with Crippen LogP contribution in [0.15, 0.2) is 24.1 Å². The molecule has 0 saturated carbocycles. The monoisotopic (exact) mass is 439 g/mol. The summed E-state index contributed by atoms with van der Waals surface area (Å²) in [7, 11) is -3.53. The molecule has 0 radical (unpaired) electrons. The Morgan fingerprint density at radius 1 is 1.36 bits per heavy atom. The average Bonchev–Trinajstić information content (AvgIpc) is 2.62. The molecule has 1 saturated heterocycles. The minimum absolute atomic E-state index is 0.0416. The first-order valence-corrected chi connectivity index (χ1v) is 10.4. The third kappa shape index (κ3) is 5.86. The van der Waals surface area contributed by atoms with Gasteiger partial charge in [-0.1, -0.05) is 18.2 Å². The van der Waals surface area contributed by atoms with Crippen molar-refractivity contribution in [3.63, 3.8) is 0 Å². The van der Waals surface area contributed by atoms with Gasteiger partial charge in [-0.15, -0.1) is 0 Å². The average molecular weight is 440 g/mol. The van der Waals surface area contributed by atoms with Crippen molar-refractivity contribution in [1.82, 2.24) is 9.62 Å². The molecule has 1 aromatic rings. The molecule has 156 valence electrons. The van der Waals surface area contributed by atoms with Crippen LogP contribution in [-0.2, 0) is 21.0 Å². The third-order valence-corrected chi connectivity index (χ3v) is 5.99. The van der Waals surface area contributed by atoms with E-state index in [9.17, 15) is 26.4 Å². The topological polar surface area (TPSA) is 78.5 Å². The molecule has 28 heavy (non-hydrogen) atoms. The second kappa shape index (κ2) is 8.71. The number of alkyl halides is 3. The Morgan fingerprint density at radius 2 is 1.96 bits per heavy atom. The Hall–Kier alpha value is -1.78. The zero-order valence-electron chi connectivity index (χ0n) is 15.1. The highest BCUT2D eigenvalue weighted by molar-refractivity contribution is 7.92. The number of sulfonamides is 1. The molecule has 2 N–H and O–H groups in total. The van der Waals surface area contributed by atoms with Crippen molar-refractivity contribution in [3.05, 3.63) is 40.3 Å². The summed E-state index contributed by atoms with van der Waals surface area (Å²) in [5, 5.41) is 3.51. The summed E-state index contributed by atoms with van der Waals surface area (Å²) in [5.41, 5.74) is -0.338. The first-order valence-electron chi connectivity index (χ1n) is 8.46. The number of anilines is 1. The van der Waals surface area contributed by atoms with Crippen LogP contribution < -0.4 is 10.0 Å². The Labute approximate surface area is 166 Å². The lowest BCUT2D eigenvalue weighted by Gasteiger charge is -2.32. The van der Waals surface area contributed by atoms with Gasteiger partial charge in [0.1, 0.15) is 0 Å². The van der Waals surface area contributed by atoms with E-state index in [1.807, 2.05) is 0 Å². The number of carbonyl (C=O) groups is 1. The van der Waals surface area contributed by atoms with Gasteiger partial charge in [0.15, 0.2) is 0 Å². The molecule has 1 aromatic carbocycles. The summed E-state index contributed by atoms with van der Waals surface area (Å²) < 4.78 is 64.3. The lowest BCUT2D eigenvalue weighted by molar-refractivity contribution is -0.137. The van der Waals surface area contributed by atoms with Crippen LogP contribution in [0.1, 0.15) is 24.0 Å². The number of amides is 1. The summed E-state index contributed by atoms with van der Waals surface area (Å²) in [6.07, 6.45) is -3.67. The Bertz CT molecular complexity index is 851. The van der Waals surface area contributed by atoms with Crippen molar-refractivity contribution in [1.29, 1.82) is 0 Å². The molecule has 0 aliphatic carbocycles. The minimum Gasteiger partial charge on any atom is -0.376 e. The summed E-state index contributed by atoms with van der Waals surface area (Å²) in [5.74, 6) is -0.294. The number of hydrogen-bond donors (Lipinski definition) is 2. The fourth-order valence-corrected chi connectivity index (χ4v) is 3.85. The molecule has 1 aliphatic rings. The smallest absolute Gasteiger partial charge is 0.376 e. The summed E-state index contributed by atoms with van der Waals surface area (Å²) in [6, 6.07) is 1.48. The molecule has 0 spiro atoms. The number of nitrogens with one attached hydrogen (secondary N) is 2. The first-order chi connectivity index (χ1) is 12.9. The molecule has 1 fully saturated rings. The zero-order valence-corrected chi connectivity index (χ0v) is 16.7. The lowest BCUT2D eigenvalue weighted by atomic mass is 10.1. The highest BCUT2D eigenvalue weighted by Crippen LogP contribution is 2.35. The second-order valence-corrected chi connectivity index (χ2v) is 8.53. The van der Waals surface area contributed by atoms with Gasteiger partial charge in [-0.2, -0.15) is 13.2 Å². The molecule has 11 heteroatoms. The van der Waals surface area contributed by atoms with E-state index < -0.39 is 21.8 Å². The highest BCUT2D eigenvalue weighted by atomic mass is 35.5. The molecule has 1 heterocycles. The van der Waals surface area contributed by atoms with Gasteiger partial charge < -0.3 is 10.2 Å². The molecular weight excluding hydrogens is 419 g/mol. The number of halogens is 4. The van der Waals surface area contributed by atoms with Crippen LogP contribution in [0.2, 0.25) is 5.02 Å². The molecule has 1 amide bonds. The van der Waals surface area contributed by atoms with Gasteiger partial charge in [0.2, 0.25) is 15.9 Å². The van der Waals surface area contributed by atoms with Gasteiger partial charge in [0, 0.05) is 35.2 Å². The third-order valence-electron chi connectivity index (χ3n) is 4.50. The second-order valence-electron chi connectivity index (χ2n) is 6.47. The zero-order chi connectivity index (χ0) is 21.1. The number of rotatable bonds is 6. The van der Waals surface area contributed by atoms with Crippen LogP contribution in [0.3, 0.4) is 0 Å². The molecule has 0 unspecified atom stereocenters. The number of hydrogen-bond acceptors (Lipinski definition) is 4. The predicted octanol–water partition coefficient (Wildman–Crippen LogP) is 3.13. The van der Waals surface area contributed by atoms with Gasteiger partial charge >= 0.3 is 6.18 Å². The van der Waals surface area contributed by atoms with Crippen LogP contribution in [0.5, 0.6) is 0 Å². The van der Waals surface area contributed by atoms with E-state index in [0.29, 0.717) is 31.5 Å². The van der Waals surface area contributed by atoms with E-state index in [1.165, 1.54) is 4.90 Å². The van der Waals surface area contributed by atoms with Crippen LogP contribution in [0, 0.1) is 6.92 Å². The van der Waals surface area contributed by atoms with Crippen molar-refractivity contribution in [2.45, 2.75) is 32.0 Å². The van der Waals surface area contributed by atoms with Crippen molar-refractivity contribution < 1.29 is 26.4 Å². The van der Waals surface area contributed by atoms with Gasteiger partial charge in [-0.3, -0.25) is 4.79 Å². The van der Waals surface area contributed by atoms with Gasteiger partial charge in [-0.05, 0) is 37.5 Å². The molecule has 2 rings (SSSR count). The SMILES string of the molecule is C=CS(=O)(=O)NC1CCN(C(=O)CNc2cc(C(F)(F)F)cc(Cl)c2C)CC1. The standard InChI is InChI=1S/C17H21ClF3N3O3S/c1-3-28(26,27)23-13-4-6-24(7-5-13)16(25)10-22-15-9-12(17(19,20)21)8-14(18)11(15)2/h3,8-9,13,22-23H,1,4-7,10H2,2H3.